The van der Waals surface area contributed by atoms with Crippen molar-refractivity contribution in [1.29, 1.82) is 0 Å². The van der Waals surface area contributed by atoms with E-state index in [1.165, 1.54) is 38.8 Å². The van der Waals surface area contributed by atoms with Crippen molar-refractivity contribution in [3.63, 3.8) is 0 Å². The lowest BCUT2D eigenvalue weighted by atomic mass is 9.84. The van der Waals surface area contributed by atoms with Crippen LogP contribution in [0.4, 0.5) is 0 Å². The van der Waals surface area contributed by atoms with Crippen molar-refractivity contribution in [2.24, 2.45) is 0 Å². The van der Waals surface area contributed by atoms with E-state index in [2.05, 4.69) is 36.9 Å². The predicted molar refractivity (Wildman–Crippen MR) is 79.7 cm³/mol. The first-order chi connectivity index (χ1) is 8.69. The van der Waals surface area contributed by atoms with E-state index in [0.29, 0.717) is 11.6 Å². The van der Waals surface area contributed by atoms with E-state index >= 15 is 0 Å². The number of hydrogen-bond acceptors (Lipinski definition) is 2. The molecule has 0 spiro atoms. The van der Waals surface area contributed by atoms with Crippen LogP contribution in [0.1, 0.15) is 59.3 Å². The van der Waals surface area contributed by atoms with Crippen LogP contribution in [-0.4, -0.2) is 36.1 Å². The maximum Gasteiger partial charge on any atom is 0.0331 e. The molecule has 1 N–H and O–H groups in total. The first-order valence-electron chi connectivity index (χ1n) is 7.61. The molecule has 0 aromatic carbocycles. The Morgan fingerprint density at radius 3 is 2.50 bits per heavy atom. The molecule has 104 valence electrons. The molecule has 1 heterocycles. The molecule has 0 saturated carbocycles. The summed E-state index contributed by atoms with van der Waals surface area (Å²) in [4.78, 5) is 2.69. The second-order valence-electron chi connectivity index (χ2n) is 5.61. The average molecular weight is 250 g/mol. The number of unbranched alkanes of at least 4 members (excludes halogenated alkanes) is 1. The molecule has 1 fully saturated rings. The highest BCUT2D eigenvalue weighted by Crippen LogP contribution is 2.30. The molecule has 1 aliphatic rings. The average Bonchev–Trinajstić information content (AvgIpc) is 2.91. The molecule has 0 aromatic rings. The third-order valence-electron chi connectivity index (χ3n) is 4.56. The summed E-state index contributed by atoms with van der Waals surface area (Å²) in [6, 6.07) is 0.568. The van der Waals surface area contributed by atoms with E-state index in [1.54, 1.807) is 0 Å². The highest BCUT2D eigenvalue weighted by atomic mass is 15.2. The van der Waals surface area contributed by atoms with Crippen LogP contribution in [0.5, 0.6) is 0 Å². The minimum Gasteiger partial charge on any atom is -0.312 e. The smallest absolute Gasteiger partial charge is 0.0331 e. The van der Waals surface area contributed by atoms with Crippen LogP contribution in [0.2, 0.25) is 0 Å². The van der Waals surface area contributed by atoms with Crippen molar-refractivity contribution in [3.8, 4) is 12.3 Å². The first kappa shape index (κ1) is 15.5. The van der Waals surface area contributed by atoms with Gasteiger partial charge in [0.25, 0.3) is 0 Å². The van der Waals surface area contributed by atoms with Gasteiger partial charge in [0.15, 0.2) is 0 Å². The van der Waals surface area contributed by atoms with Gasteiger partial charge in [0.2, 0.25) is 0 Å². The van der Waals surface area contributed by atoms with Gasteiger partial charge in [-0.1, -0.05) is 13.8 Å². The molecule has 1 saturated heterocycles. The molecule has 2 atom stereocenters. The largest absolute Gasteiger partial charge is 0.312 e. The Morgan fingerprint density at radius 2 is 2.00 bits per heavy atom. The van der Waals surface area contributed by atoms with E-state index in [1.807, 2.05) is 0 Å². The second-order valence-corrected chi connectivity index (χ2v) is 5.61. The minimum atomic E-state index is 0.293. The topological polar surface area (TPSA) is 15.3 Å². The Morgan fingerprint density at radius 1 is 1.33 bits per heavy atom. The van der Waals surface area contributed by atoms with E-state index in [0.717, 1.165) is 19.4 Å². The molecular weight excluding hydrogens is 220 g/mol. The zero-order chi connectivity index (χ0) is 13.4. The molecule has 0 aliphatic carbocycles. The third kappa shape index (κ3) is 3.73. The van der Waals surface area contributed by atoms with Gasteiger partial charge in [0.05, 0.1) is 0 Å². The molecule has 18 heavy (non-hydrogen) atoms. The minimum absolute atomic E-state index is 0.293. The van der Waals surface area contributed by atoms with Crippen molar-refractivity contribution < 1.29 is 0 Å². The van der Waals surface area contributed by atoms with Crippen molar-refractivity contribution in [1.82, 2.24) is 10.2 Å². The Bertz CT molecular complexity index is 263. The monoisotopic (exact) mass is 250 g/mol. The molecule has 0 radical (unpaired) electrons. The van der Waals surface area contributed by atoms with Gasteiger partial charge in [-0.15, -0.1) is 12.3 Å². The highest BCUT2D eigenvalue weighted by molar-refractivity contribution is 4.98. The quantitative estimate of drug-likeness (QED) is 0.526. The van der Waals surface area contributed by atoms with Gasteiger partial charge in [0.1, 0.15) is 0 Å². The van der Waals surface area contributed by atoms with Crippen molar-refractivity contribution in [3.05, 3.63) is 0 Å². The molecule has 0 bridgehead atoms. The van der Waals surface area contributed by atoms with Gasteiger partial charge in [0, 0.05) is 18.0 Å². The number of likely N-dealkylation sites (tertiary alicyclic amines) is 1. The summed E-state index contributed by atoms with van der Waals surface area (Å²) in [6.07, 6.45) is 12.5. The summed E-state index contributed by atoms with van der Waals surface area (Å²) < 4.78 is 0. The molecule has 1 aliphatic heterocycles. The summed E-state index contributed by atoms with van der Waals surface area (Å²) in [6.45, 7) is 10.5. The highest BCUT2D eigenvalue weighted by Gasteiger charge is 2.38. The van der Waals surface area contributed by atoms with Crippen LogP contribution in [0, 0.1) is 12.3 Å². The molecule has 2 heteroatoms. The van der Waals surface area contributed by atoms with Gasteiger partial charge in [-0.2, -0.15) is 0 Å². The maximum atomic E-state index is 5.37. The van der Waals surface area contributed by atoms with Crippen LogP contribution in [0.25, 0.3) is 0 Å². The van der Waals surface area contributed by atoms with E-state index in [4.69, 9.17) is 6.42 Å². The number of terminal acetylenes is 1. The second kappa shape index (κ2) is 7.81. The number of hydrogen-bond donors (Lipinski definition) is 1. The van der Waals surface area contributed by atoms with Gasteiger partial charge in [-0.05, 0) is 58.7 Å². The van der Waals surface area contributed by atoms with E-state index in [-0.39, 0.29) is 0 Å². The van der Waals surface area contributed by atoms with E-state index < -0.39 is 0 Å². The molecule has 0 aromatic heterocycles. The Kier molecular flexibility index (Phi) is 6.75. The Labute approximate surface area is 114 Å². The molecule has 1 rings (SSSR count). The van der Waals surface area contributed by atoms with Crippen molar-refractivity contribution in [2.45, 2.75) is 70.9 Å². The zero-order valence-corrected chi connectivity index (χ0v) is 12.5. The first-order valence-corrected chi connectivity index (χ1v) is 7.61. The number of nitrogens with zero attached hydrogens (tertiary/aromatic N) is 1. The van der Waals surface area contributed by atoms with Crippen molar-refractivity contribution in [2.75, 3.05) is 19.6 Å². The summed E-state index contributed by atoms with van der Waals surface area (Å²) in [5.41, 5.74) is 0.293. The van der Waals surface area contributed by atoms with Gasteiger partial charge >= 0.3 is 0 Å². The Hall–Kier alpha value is -0.520. The summed E-state index contributed by atoms with van der Waals surface area (Å²) in [5.74, 6) is 2.76. The lowest BCUT2D eigenvalue weighted by molar-refractivity contribution is 0.0802. The van der Waals surface area contributed by atoms with Gasteiger partial charge in [-0.25, -0.2) is 0 Å². The molecule has 2 unspecified atom stereocenters. The van der Waals surface area contributed by atoms with Crippen LogP contribution in [-0.2, 0) is 0 Å². The van der Waals surface area contributed by atoms with E-state index in [9.17, 15) is 0 Å². The third-order valence-corrected chi connectivity index (χ3v) is 4.56. The van der Waals surface area contributed by atoms with Gasteiger partial charge < -0.3 is 5.32 Å². The lowest BCUT2D eigenvalue weighted by Gasteiger charge is -2.45. The van der Waals surface area contributed by atoms with Crippen molar-refractivity contribution >= 4 is 0 Å². The summed E-state index contributed by atoms with van der Waals surface area (Å²) in [7, 11) is 0. The molecular formula is C16H30N2. The van der Waals surface area contributed by atoms with Crippen LogP contribution in [0.15, 0.2) is 0 Å². The van der Waals surface area contributed by atoms with Gasteiger partial charge in [-0.3, -0.25) is 4.90 Å². The number of nitrogens with one attached hydrogen (secondary N) is 1. The predicted octanol–water partition coefficient (Wildman–Crippen LogP) is 3.03. The fourth-order valence-corrected chi connectivity index (χ4v) is 3.21. The summed E-state index contributed by atoms with van der Waals surface area (Å²) >= 11 is 0. The lowest BCUT2D eigenvalue weighted by Crippen LogP contribution is -2.58. The maximum absolute atomic E-state index is 5.37. The Balaban J connectivity index is 2.68. The molecule has 0 amide bonds. The van der Waals surface area contributed by atoms with Crippen LogP contribution < -0.4 is 5.32 Å². The number of rotatable bonds is 8. The summed E-state index contributed by atoms with van der Waals surface area (Å²) in [5, 5.41) is 3.70. The fraction of sp³-hybridized carbons (Fsp3) is 0.875. The SMILES string of the molecule is C#CCCCC(NCC)C(C)(CC)N1CCCC1. The zero-order valence-electron chi connectivity index (χ0n) is 12.5. The molecule has 2 nitrogen and oxygen atoms in total. The van der Waals surface area contributed by atoms with Crippen LogP contribution in [0.3, 0.4) is 0 Å². The standard InChI is InChI=1S/C16H30N2/c1-5-8-9-12-15(17-7-3)16(4,6-2)18-13-10-11-14-18/h1,15,17H,6-14H2,2-4H3. The fourth-order valence-electron chi connectivity index (χ4n) is 3.21. The number of likely N-dealkylation sites (N-methyl/N-ethyl adjacent to an activating group) is 1. The van der Waals surface area contributed by atoms with Crippen LogP contribution >= 0.6 is 0 Å². The normalized spacial score (nSPS) is 21.4.